The van der Waals surface area contributed by atoms with Gasteiger partial charge >= 0.3 is 5.97 Å². The van der Waals surface area contributed by atoms with E-state index in [4.69, 9.17) is 0 Å². The van der Waals surface area contributed by atoms with Gasteiger partial charge in [-0.05, 0) is 35.7 Å². The van der Waals surface area contributed by atoms with E-state index in [1.54, 1.807) is 4.90 Å². The van der Waals surface area contributed by atoms with Crippen molar-refractivity contribution in [2.24, 2.45) is 0 Å². The van der Waals surface area contributed by atoms with Crippen molar-refractivity contribution in [1.82, 2.24) is 9.62 Å². The normalized spacial score (nSPS) is 14.3. The van der Waals surface area contributed by atoms with Crippen LogP contribution in [-0.2, 0) is 32.6 Å². The lowest BCUT2D eigenvalue weighted by Crippen LogP contribution is -2.27. The first-order valence-electron chi connectivity index (χ1n) is 8.93. The lowest BCUT2D eigenvalue weighted by Gasteiger charge is -2.18. The smallest absolute Gasteiger partial charge is 0.337 e. The first-order chi connectivity index (χ1) is 13.4. The van der Waals surface area contributed by atoms with Crippen LogP contribution in [0.1, 0.15) is 34.3 Å². The number of benzene rings is 2. The molecule has 1 N–H and O–H groups in total. The van der Waals surface area contributed by atoms with E-state index in [1.165, 1.54) is 31.4 Å². The van der Waals surface area contributed by atoms with Crippen LogP contribution < -0.4 is 4.72 Å². The Morgan fingerprint density at radius 2 is 1.89 bits per heavy atom. The van der Waals surface area contributed by atoms with Gasteiger partial charge in [-0.15, -0.1) is 0 Å². The fourth-order valence-corrected chi connectivity index (χ4v) is 4.18. The Morgan fingerprint density at radius 3 is 2.57 bits per heavy atom. The van der Waals surface area contributed by atoms with Crippen molar-refractivity contribution in [2.75, 3.05) is 13.7 Å². The zero-order valence-electron chi connectivity index (χ0n) is 15.6. The molecule has 2 aromatic rings. The van der Waals surface area contributed by atoms with Crippen LogP contribution in [0.2, 0.25) is 0 Å². The molecule has 2 aromatic carbocycles. The summed E-state index contributed by atoms with van der Waals surface area (Å²) in [6.45, 7) is 1.27. The van der Waals surface area contributed by atoms with Gasteiger partial charge in [0.05, 0.1) is 17.6 Å². The van der Waals surface area contributed by atoms with Crippen LogP contribution in [0.5, 0.6) is 0 Å². The molecule has 3 rings (SSSR count). The monoisotopic (exact) mass is 402 g/mol. The lowest BCUT2D eigenvalue weighted by molar-refractivity contribution is -0.128. The van der Waals surface area contributed by atoms with Gasteiger partial charge in [0.2, 0.25) is 15.9 Å². The molecule has 1 heterocycles. The maximum Gasteiger partial charge on any atom is 0.337 e. The van der Waals surface area contributed by atoms with Crippen LogP contribution in [-0.4, -0.2) is 38.8 Å². The van der Waals surface area contributed by atoms with E-state index in [1.807, 2.05) is 24.3 Å². The number of nitrogens with zero attached hydrogens (tertiary/aromatic N) is 1. The zero-order chi connectivity index (χ0) is 20.1. The van der Waals surface area contributed by atoms with Gasteiger partial charge < -0.3 is 9.64 Å². The maximum atomic E-state index is 12.6. The van der Waals surface area contributed by atoms with Gasteiger partial charge in [-0.2, -0.15) is 0 Å². The largest absolute Gasteiger partial charge is 0.465 e. The molecule has 148 valence electrons. The number of carbonyl (C=O) groups is 2. The number of likely N-dealkylation sites (tertiary alicyclic amines) is 1. The van der Waals surface area contributed by atoms with E-state index in [9.17, 15) is 18.0 Å². The molecule has 8 heteroatoms. The van der Waals surface area contributed by atoms with Crippen LogP contribution in [0.4, 0.5) is 0 Å². The number of ether oxygens (including phenoxy) is 1. The summed E-state index contributed by atoms with van der Waals surface area (Å²) in [6.07, 6.45) is 1.41. The summed E-state index contributed by atoms with van der Waals surface area (Å²) in [6, 6.07) is 13.1. The van der Waals surface area contributed by atoms with Crippen molar-refractivity contribution in [1.29, 1.82) is 0 Å². The summed E-state index contributed by atoms with van der Waals surface area (Å²) >= 11 is 0. The third-order valence-corrected chi connectivity index (χ3v) is 6.07. The SMILES string of the molecule is COC(=O)c1cccc(S(=O)(=O)NCc2ccccc2CN2CCCC2=O)c1. The Balaban J connectivity index is 1.75. The van der Waals surface area contributed by atoms with Crippen molar-refractivity contribution in [3.05, 3.63) is 65.2 Å². The number of amides is 1. The summed E-state index contributed by atoms with van der Waals surface area (Å²) < 4.78 is 32.5. The standard InChI is InChI=1S/C20H22N2O5S/c1-27-20(24)15-8-4-9-18(12-15)28(25,26)21-13-16-6-2-3-7-17(16)14-22-11-5-10-19(22)23/h2-4,6-9,12,21H,5,10-11,13-14H2,1H3. The number of hydrogen-bond donors (Lipinski definition) is 1. The number of nitrogens with one attached hydrogen (secondary N) is 1. The van der Waals surface area contributed by atoms with E-state index in [2.05, 4.69) is 9.46 Å². The highest BCUT2D eigenvalue weighted by atomic mass is 32.2. The number of esters is 1. The molecule has 0 aliphatic carbocycles. The van der Waals surface area contributed by atoms with Crippen LogP contribution in [0.25, 0.3) is 0 Å². The van der Waals surface area contributed by atoms with Crippen molar-refractivity contribution in [3.63, 3.8) is 0 Å². The summed E-state index contributed by atoms with van der Waals surface area (Å²) in [5, 5.41) is 0. The fraction of sp³-hybridized carbons (Fsp3) is 0.300. The Labute approximate surface area is 164 Å². The highest BCUT2D eigenvalue weighted by molar-refractivity contribution is 7.89. The molecule has 0 unspecified atom stereocenters. The van der Waals surface area contributed by atoms with Crippen molar-refractivity contribution in [3.8, 4) is 0 Å². The molecule has 1 saturated heterocycles. The number of sulfonamides is 1. The van der Waals surface area contributed by atoms with Gasteiger partial charge in [-0.25, -0.2) is 17.9 Å². The molecule has 1 aliphatic heterocycles. The molecule has 1 aliphatic rings. The number of methoxy groups -OCH3 is 1. The Morgan fingerprint density at radius 1 is 1.14 bits per heavy atom. The van der Waals surface area contributed by atoms with Crippen LogP contribution in [0, 0.1) is 0 Å². The molecular formula is C20H22N2O5S. The summed E-state index contributed by atoms with van der Waals surface area (Å²) in [5.74, 6) is -0.479. The van der Waals surface area contributed by atoms with Crippen LogP contribution in [0.15, 0.2) is 53.4 Å². The quantitative estimate of drug-likeness (QED) is 0.716. The third kappa shape index (κ3) is 4.58. The first kappa shape index (κ1) is 20.0. The molecule has 0 bridgehead atoms. The highest BCUT2D eigenvalue weighted by Gasteiger charge is 2.22. The van der Waals surface area contributed by atoms with E-state index in [0.29, 0.717) is 13.0 Å². The predicted molar refractivity (Wildman–Crippen MR) is 103 cm³/mol. The van der Waals surface area contributed by atoms with E-state index < -0.39 is 16.0 Å². The minimum Gasteiger partial charge on any atom is -0.465 e. The minimum atomic E-state index is -3.82. The maximum absolute atomic E-state index is 12.6. The Hall–Kier alpha value is -2.71. The van der Waals surface area contributed by atoms with E-state index >= 15 is 0 Å². The van der Waals surface area contributed by atoms with Gasteiger partial charge in [0, 0.05) is 26.1 Å². The molecule has 1 amide bonds. The third-order valence-electron chi connectivity index (χ3n) is 4.67. The summed E-state index contributed by atoms with van der Waals surface area (Å²) in [5.41, 5.74) is 1.87. The Kier molecular flexibility index (Phi) is 6.11. The van der Waals surface area contributed by atoms with Crippen molar-refractivity contribution < 1.29 is 22.7 Å². The van der Waals surface area contributed by atoms with E-state index in [0.717, 1.165) is 24.1 Å². The molecule has 0 aromatic heterocycles. The van der Waals surface area contributed by atoms with Gasteiger partial charge in [0.25, 0.3) is 0 Å². The van der Waals surface area contributed by atoms with Crippen molar-refractivity contribution >= 4 is 21.9 Å². The average Bonchev–Trinajstić information content (AvgIpc) is 3.11. The van der Waals surface area contributed by atoms with Crippen molar-refractivity contribution in [2.45, 2.75) is 30.8 Å². The second-order valence-corrected chi connectivity index (χ2v) is 8.30. The van der Waals surface area contributed by atoms with Gasteiger partial charge in [0.15, 0.2) is 0 Å². The second-order valence-electron chi connectivity index (χ2n) is 6.53. The number of carbonyl (C=O) groups excluding carboxylic acids is 2. The average molecular weight is 402 g/mol. The molecule has 1 fully saturated rings. The minimum absolute atomic E-state index is 0.0115. The molecule has 28 heavy (non-hydrogen) atoms. The first-order valence-corrected chi connectivity index (χ1v) is 10.4. The molecular weight excluding hydrogens is 380 g/mol. The number of hydrogen-bond acceptors (Lipinski definition) is 5. The second kappa shape index (κ2) is 8.53. The van der Waals surface area contributed by atoms with Gasteiger partial charge in [0.1, 0.15) is 0 Å². The number of rotatable bonds is 7. The molecule has 0 spiro atoms. The van der Waals surface area contributed by atoms with Crippen LogP contribution in [0.3, 0.4) is 0 Å². The molecule has 7 nitrogen and oxygen atoms in total. The van der Waals surface area contributed by atoms with Crippen LogP contribution >= 0.6 is 0 Å². The van der Waals surface area contributed by atoms with Gasteiger partial charge in [-0.1, -0.05) is 30.3 Å². The Bertz CT molecular complexity index is 988. The fourth-order valence-electron chi connectivity index (χ4n) is 3.13. The molecule has 0 saturated carbocycles. The molecule has 0 atom stereocenters. The summed E-state index contributed by atoms with van der Waals surface area (Å²) in [4.78, 5) is 25.3. The predicted octanol–water partition coefficient (Wildman–Crippen LogP) is 2.07. The lowest BCUT2D eigenvalue weighted by atomic mass is 10.1. The zero-order valence-corrected chi connectivity index (χ0v) is 16.4. The summed E-state index contributed by atoms with van der Waals surface area (Å²) in [7, 11) is -2.58. The van der Waals surface area contributed by atoms with E-state index in [-0.39, 0.29) is 22.9 Å². The topological polar surface area (TPSA) is 92.8 Å². The van der Waals surface area contributed by atoms with Gasteiger partial charge in [-0.3, -0.25) is 4.79 Å². The molecule has 0 radical (unpaired) electrons. The highest BCUT2D eigenvalue weighted by Crippen LogP contribution is 2.18.